The summed E-state index contributed by atoms with van der Waals surface area (Å²) in [5.74, 6) is -0.856. The van der Waals surface area contributed by atoms with E-state index in [0.29, 0.717) is 19.3 Å². The largest absolute Gasteiger partial charge is 0.462 e. The lowest BCUT2D eigenvalue weighted by atomic mass is 10.0. The number of hydrogen-bond acceptors (Lipinski definition) is 6. The number of carbonyl (C=O) groups excluding carboxylic acids is 3. The van der Waals surface area contributed by atoms with Gasteiger partial charge in [0.2, 0.25) is 0 Å². The Morgan fingerprint density at radius 3 is 0.820 bits per heavy atom. The fraction of sp³-hybridized carbons (Fsp3) is 0.909. The maximum absolute atomic E-state index is 12.8. The molecule has 0 rings (SSSR count). The van der Waals surface area contributed by atoms with Crippen molar-refractivity contribution in [2.75, 3.05) is 13.2 Å². The SMILES string of the molecule is CCCCCCC/C=C/CCCCCCCC(=O)O[C@H](COC(=O)CCCCCCCCCCCCCCCC)COC(=O)CCCCCCCCCCCCCCCCC. The number of unbranched alkanes of at least 4 members (excludes halogenated alkanes) is 37. The van der Waals surface area contributed by atoms with E-state index in [0.717, 1.165) is 64.2 Å². The first kappa shape index (κ1) is 59.1. The quantitative estimate of drug-likeness (QED) is 0.0262. The van der Waals surface area contributed by atoms with Gasteiger partial charge in [0.1, 0.15) is 13.2 Å². The lowest BCUT2D eigenvalue weighted by Crippen LogP contribution is -2.30. The highest BCUT2D eigenvalue weighted by molar-refractivity contribution is 5.71. The standard InChI is InChI=1S/C55H104O6/c1-4-7-10-13-16-19-22-25-28-31-33-36-39-42-45-48-54(57)60-51-52(61-55(58)49-46-43-40-37-34-30-27-24-21-18-15-12-9-6-3)50-59-53(56)47-44-41-38-35-32-29-26-23-20-17-14-11-8-5-2/h24,27,52H,4-23,25-26,28-51H2,1-3H3/b27-24+/t52-/m1/s1. The minimum absolute atomic E-state index is 0.0677. The molecule has 0 radical (unpaired) electrons. The first-order chi connectivity index (χ1) is 30.0. The maximum atomic E-state index is 12.8. The fourth-order valence-corrected chi connectivity index (χ4v) is 8.14. The molecule has 0 fully saturated rings. The van der Waals surface area contributed by atoms with Crippen molar-refractivity contribution in [1.82, 2.24) is 0 Å². The summed E-state index contributed by atoms with van der Waals surface area (Å²) in [4.78, 5) is 38.0. The third-order valence-corrected chi connectivity index (χ3v) is 12.3. The van der Waals surface area contributed by atoms with Crippen molar-refractivity contribution in [3.8, 4) is 0 Å². The molecule has 0 heterocycles. The highest BCUT2D eigenvalue weighted by atomic mass is 16.6. The highest BCUT2D eigenvalue weighted by Crippen LogP contribution is 2.16. The zero-order chi connectivity index (χ0) is 44.4. The summed E-state index contributed by atoms with van der Waals surface area (Å²) >= 11 is 0. The molecule has 0 unspecified atom stereocenters. The van der Waals surface area contributed by atoms with Gasteiger partial charge < -0.3 is 14.2 Å². The van der Waals surface area contributed by atoms with Crippen LogP contribution in [0, 0.1) is 0 Å². The predicted molar refractivity (Wildman–Crippen MR) is 261 cm³/mol. The van der Waals surface area contributed by atoms with Crippen molar-refractivity contribution < 1.29 is 28.6 Å². The third kappa shape index (κ3) is 49.0. The molecule has 0 saturated heterocycles. The van der Waals surface area contributed by atoms with E-state index < -0.39 is 6.10 Å². The van der Waals surface area contributed by atoms with Gasteiger partial charge in [0.15, 0.2) is 6.10 Å². The van der Waals surface area contributed by atoms with Gasteiger partial charge in [-0.1, -0.05) is 251 Å². The molecule has 0 N–H and O–H groups in total. The van der Waals surface area contributed by atoms with Crippen LogP contribution in [0.2, 0.25) is 0 Å². The lowest BCUT2D eigenvalue weighted by molar-refractivity contribution is -0.167. The Balaban J connectivity index is 4.33. The van der Waals surface area contributed by atoms with E-state index in [4.69, 9.17) is 14.2 Å². The molecule has 0 aromatic carbocycles. The van der Waals surface area contributed by atoms with Gasteiger partial charge >= 0.3 is 17.9 Å². The summed E-state index contributed by atoms with van der Waals surface area (Å²) in [6.45, 7) is 6.67. The normalized spacial score (nSPS) is 12.0. The number of allylic oxidation sites excluding steroid dienone is 2. The molecule has 6 nitrogen and oxygen atoms in total. The van der Waals surface area contributed by atoms with Crippen LogP contribution in [0.5, 0.6) is 0 Å². The monoisotopic (exact) mass is 861 g/mol. The second kappa shape index (κ2) is 50.8. The average molecular weight is 861 g/mol. The zero-order valence-electron chi connectivity index (χ0n) is 41.2. The van der Waals surface area contributed by atoms with E-state index >= 15 is 0 Å². The van der Waals surface area contributed by atoms with Crippen LogP contribution in [-0.2, 0) is 28.6 Å². The van der Waals surface area contributed by atoms with Crippen LogP contribution in [-0.4, -0.2) is 37.2 Å². The van der Waals surface area contributed by atoms with Gasteiger partial charge in [0.05, 0.1) is 0 Å². The van der Waals surface area contributed by atoms with E-state index in [-0.39, 0.29) is 31.1 Å². The molecule has 6 heteroatoms. The van der Waals surface area contributed by atoms with Gasteiger partial charge in [-0.05, 0) is 44.9 Å². The molecule has 0 aromatic rings. The van der Waals surface area contributed by atoms with Crippen LogP contribution in [0.4, 0.5) is 0 Å². The Bertz CT molecular complexity index is 947. The van der Waals surface area contributed by atoms with Crippen molar-refractivity contribution in [2.45, 2.75) is 309 Å². The molecule has 0 aliphatic heterocycles. The van der Waals surface area contributed by atoms with Crippen LogP contribution in [0.25, 0.3) is 0 Å². The van der Waals surface area contributed by atoms with Gasteiger partial charge in [0, 0.05) is 19.3 Å². The summed E-state index contributed by atoms with van der Waals surface area (Å²) in [6, 6.07) is 0. The maximum Gasteiger partial charge on any atom is 0.306 e. The molecule has 360 valence electrons. The summed E-state index contributed by atoms with van der Waals surface area (Å²) < 4.78 is 16.8. The average Bonchev–Trinajstić information content (AvgIpc) is 3.26. The fourth-order valence-electron chi connectivity index (χ4n) is 8.14. The van der Waals surface area contributed by atoms with Crippen molar-refractivity contribution in [3.05, 3.63) is 12.2 Å². The Kier molecular flexibility index (Phi) is 49.3. The van der Waals surface area contributed by atoms with Crippen LogP contribution >= 0.6 is 0 Å². The molecular formula is C55H104O6. The Hall–Kier alpha value is -1.85. The third-order valence-electron chi connectivity index (χ3n) is 12.3. The van der Waals surface area contributed by atoms with Gasteiger partial charge in [-0.2, -0.15) is 0 Å². The Labute approximate surface area is 380 Å². The highest BCUT2D eigenvalue weighted by Gasteiger charge is 2.19. The summed E-state index contributed by atoms with van der Waals surface area (Å²) in [6.07, 6.45) is 56.2. The van der Waals surface area contributed by atoms with E-state index in [2.05, 4.69) is 32.9 Å². The van der Waals surface area contributed by atoms with Gasteiger partial charge in [-0.25, -0.2) is 0 Å². The molecular weight excluding hydrogens is 757 g/mol. The minimum Gasteiger partial charge on any atom is -0.462 e. The van der Waals surface area contributed by atoms with E-state index in [9.17, 15) is 14.4 Å². The molecule has 61 heavy (non-hydrogen) atoms. The van der Waals surface area contributed by atoms with E-state index in [1.807, 2.05) is 0 Å². The Morgan fingerprint density at radius 1 is 0.311 bits per heavy atom. The second-order valence-electron chi connectivity index (χ2n) is 18.5. The minimum atomic E-state index is -0.767. The number of ether oxygens (including phenoxy) is 3. The molecule has 0 aliphatic rings. The second-order valence-corrected chi connectivity index (χ2v) is 18.5. The summed E-state index contributed by atoms with van der Waals surface area (Å²) in [5, 5.41) is 0. The van der Waals surface area contributed by atoms with Crippen LogP contribution in [0.3, 0.4) is 0 Å². The molecule has 0 aromatic heterocycles. The van der Waals surface area contributed by atoms with Crippen LogP contribution in [0.1, 0.15) is 303 Å². The van der Waals surface area contributed by atoms with Crippen LogP contribution in [0.15, 0.2) is 12.2 Å². The van der Waals surface area contributed by atoms with Crippen molar-refractivity contribution in [3.63, 3.8) is 0 Å². The molecule has 0 bridgehead atoms. The summed E-state index contributed by atoms with van der Waals surface area (Å²) in [7, 11) is 0. The molecule has 0 aliphatic carbocycles. The number of rotatable bonds is 50. The topological polar surface area (TPSA) is 78.9 Å². The summed E-state index contributed by atoms with van der Waals surface area (Å²) in [5.41, 5.74) is 0. The predicted octanol–water partition coefficient (Wildman–Crippen LogP) is 17.8. The smallest absolute Gasteiger partial charge is 0.306 e. The zero-order valence-corrected chi connectivity index (χ0v) is 41.2. The van der Waals surface area contributed by atoms with E-state index in [1.165, 1.54) is 199 Å². The van der Waals surface area contributed by atoms with Crippen molar-refractivity contribution in [2.24, 2.45) is 0 Å². The van der Waals surface area contributed by atoms with E-state index in [1.54, 1.807) is 0 Å². The molecule has 0 amide bonds. The van der Waals surface area contributed by atoms with Gasteiger partial charge in [0.25, 0.3) is 0 Å². The van der Waals surface area contributed by atoms with Gasteiger partial charge in [-0.15, -0.1) is 0 Å². The number of hydrogen-bond donors (Lipinski definition) is 0. The first-order valence-electron chi connectivity index (χ1n) is 27.2. The number of carbonyl (C=O) groups is 3. The molecule has 0 saturated carbocycles. The first-order valence-corrected chi connectivity index (χ1v) is 27.2. The van der Waals surface area contributed by atoms with Crippen molar-refractivity contribution in [1.29, 1.82) is 0 Å². The van der Waals surface area contributed by atoms with Crippen molar-refractivity contribution >= 4 is 17.9 Å². The molecule has 1 atom stereocenters. The number of esters is 3. The van der Waals surface area contributed by atoms with Gasteiger partial charge in [-0.3, -0.25) is 14.4 Å². The van der Waals surface area contributed by atoms with Crippen LogP contribution < -0.4 is 0 Å². The molecule has 0 spiro atoms. The Morgan fingerprint density at radius 2 is 0.541 bits per heavy atom. The lowest BCUT2D eigenvalue weighted by Gasteiger charge is -2.18.